The fourth-order valence-electron chi connectivity index (χ4n) is 3.43. The predicted molar refractivity (Wildman–Crippen MR) is 99.3 cm³/mol. The molecule has 0 saturated carbocycles. The SMILES string of the molecule is C=C1N(C)c2ccc(C(=O)CCCCCCCC)cc2C1(C)C. The Bertz CT molecular complexity index is 586. The Labute approximate surface area is 141 Å². The molecule has 0 spiro atoms. The van der Waals surface area contributed by atoms with Crippen LogP contribution in [0.5, 0.6) is 0 Å². The van der Waals surface area contributed by atoms with Gasteiger partial charge in [-0.25, -0.2) is 0 Å². The summed E-state index contributed by atoms with van der Waals surface area (Å²) in [6.07, 6.45) is 7.98. The van der Waals surface area contributed by atoms with Crippen LogP contribution in [0.4, 0.5) is 5.69 Å². The van der Waals surface area contributed by atoms with E-state index < -0.39 is 0 Å². The Hall–Kier alpha value is -1.57. The van der Waals surface area contributed by atoms with Crippen molar-refractivity contribution in [2.24, 2.45) is 0 Å². The number of carbonyl (C=O) groups is 1. The number of anilines is 1. The highest BCUT2D eigenvalue weighted by atomic mass is 16.1. The van der Waals surface area contributed by atoms with Gasteiger partial charge in [-0.1, -0.05) is 59.5 Å². The molecule has 0 aromatic heterocycles. The quantitative estimate of drug-likeness (QED) is 0.442. The number of carbonyl (C=O) groups excluding carboxylic acids is 1. The lowest BCUT2D eigenvalue weighted by Gasteiger charge is -2.22. The topological polar surface area (TPSA) is 20.3 Å². The first-order chi connectivity index (χ1) is 10.9. The summed E-state index contributed by atoms with van der Waals surface area (Å²) in [6.45, 7) is 10.8. The molecule has 1 aliphatic rings. The molecule has 0 N–H and O–H groups in total. The molecule has 1 aliphatic heterocycles. The van der Waals surface area contributed by atoms with Crippen molar-refractivity contribution >= 4 is 11.5 Å². The second kappa shape index (κ2) is 7.33. The third-order valence-corrected chi connectivity index (χ3v) is 5.24. The van der Waals surface area contributed by atoms with E-state index in [9.17, 15) is 4.79 Å². The van der Waals surface area contributed by atoms with E-state index in [1.54, 1.807) is 0 Å². The zero-order chi connectivity index (χ0) is 17.0. The largest absolute Gasteiger partial charge is 0.348 e. The van der Waals surface area contributed by atoms with Gasteiger partial charge in [-0.3, -0.25) is 4.79 Å². The summed E-state index contributed by atoms with van der Waals surface area (Å²) in [5.74, 6) is 0.277. The third kappa shape index (κ3) is 3.68. The fraction of sp³-hybridized carbons (Fsp3) is 0.571. The van der Waals surface area contributed by atoms with Gasteiger partial charge in [0.15, 0.2) is 5.78 Å². The molecule has 0 amide bonds. The van der Waals surface area contributed by atoms with Crippen LogP contribution in [0, 0.1) is 0 Å². The Morgan fingerprint density at radius 1 is 1.13 bits per heavy atom. The van der Waals surface area contributed by atoms with Crippen LogP contribution in [-0.2, 0) is 5.41 Å². The van der Waals surface area contributed by atoms with E-state index in [2.05, 4.69) is 44.4 Å². The molecule has 0 radical (unpaired) electrons. The molecule has 2 rings (SSSR count). The molecule has 126 valence electrons. The molecule has 23 heavy (non-hydrogen) atoms. The van der Waals surface area contributed by atoms with Crippen molar-refractivity contribution in [2.75, 3.05) is 11.9 Å². The van der Waals surface area contributed by atoms with Gasteiger partial charge in [-0.15, -0.1) is 0 Å². The van der Waals surface area contributed by atoms with Crippen LogP contribution < -0.4 is 4.90 Å². The molecule has 0 aliphatic carbocycles. The summed E-state index contributed by atoms with van der Waals surface area (Å²) < 4.78 is 0. The molecule has 0 fully saturated rings. The maximum atomic E-state index is 12.5. The van der Waals surface area contributed by atoms with Gasteiger partial charge in [0, 0.05) is 35.8 Å². The van der Waals surface area contributed by atoms with Crippen LogP contribution in [0.3, 0.4) is 0 Å². The van der Waals surface area contributed by atoms with Crippen molar-refractivity contribution in [3.05, 3.63) is 41.6 Å². The van der Waals surface area contributed by atoms with E-state index in [0.717, 1.165) is 17.7 Å². The molecule has 1 aromatic carbocycles. The lowest BCUT2D eigenvalue weighted by molar-refractivity contribution is 0.0979. The highest BCUT2D eigenvalue weighted by Gasteiger charge is 2.37. The van der Waals surface area contributed by atoms with Crippen molar-refractivity contribution in [3.8, 4) is 0 Å². The second-order valence-corrected chi connectivity index (χ2v) is 7.30. The minimum Gasteiger partial charge on any atom is -0.348 e. The molecule has 0 saturated heterocycles. The van der Waals surface area contributed by atoms with Gasteiger partial charge in [0.2, 0.25) is 0 Å². The monoisotopic (exact) mass is 313 g/mol. The number of unbranched alkanes of at least 4 members (excludes halogenated alkanes) is 5. The standard InChI is InChI=1S/C21H31NO/c1-6-7-8-9-10-11-12-20(23)17-13-14-19-18(15-17)21(3,4)16(2)22(19)5/h13-15H,2,6-12H2,1,3-5H3. The van der Waals surface area contributed by atoms with Gasteiger partial charge in [-0.05, 0) is 30.2 Å². The number of hydrogen-bond donors (Lipinski definition) is 0. The van der Waals surface area contributed by atoms with E-state index >= 15 is 0 Å². The van der Waals surface area contributed by atoms with Gasteiger partial charge in [0.05, 0.1) is 0 Å². The van der Waals surface area contributed by atoms with Crippen molar-refractivity contribution in [1.82, 2.24) is 0 Å². The first-order valence-electron chi connectivity index (χ1n) is 9.00. The first-order valence-corrected chi connectivity index (χ1v) is 9.00. The molecular formula is C21H31NO. The Morgan fingerprint density at radius 2 is 1.78 bits per heavy atom. The summed E-state index contributed by atoms with van der Waals surface area (Å²) >= 11 is 0. The highest BCUT2D eigenvalue weighted by Crippen LogP contribution is 2.46. The van der Waals surface area contributed by atoms with Crippen LogP contribution in [0.25, 0.3) is 0 Å². The van der Waals surface area contributed by atoms with Crippen LogP contribution in [0.1, 0.15) is 81.6 Å². The number of fused-ring (bicyclic) bond motifs is 1. The minimum atomic E-state index is -0.0967. The van der Waals surface area contributed by atoms with E-state index in [4.69, 9.17) is 0 Å². The second-order valence-electron chi connectivity index (χ2n) is 7.30. The summed E-state index contributed by atoms with van der Waals surface area (Å²) in [7, 11) is 2.05. The lowest BCUT2D eigenvalue weighted by Crippen LogP contribution is -2.21. The fourth-order valence-corrected chi connectivity index (χ4v) is 3.43. The van der Waals surface area contributed by atoms with Crippen LogP contribution in [0.15, 0.2) is 30.5 Å². The third-order valence-electron chi connectivity index (χ3n) is 5.24. The molecule has 1 aromatic rings. The number of likely N-dealkylation sites (N-methyl/N-ethyl adjacent to an activating group) is 1. The zero-order valence-corrected chi connectivity index (χ0v) is 15.2. The minimum absolute atomic E-state index is 0.0967. The van der Waals surface area contributed by atoms with Crippen LogP contribution in [-0.4, -0.2) is 12.8 Å². The smallest absolute Gasteiger partial charge is 0.162 e. The van der Waals surface area contributed by atoms with Gasteiger partial charge in [0.25, 0.3) is 0 Å². The van der Waals surface area contributed by atoms with Crippen LogP contribution >= 0.6 is 0 Å². The number of rotatable bonds is 8. The summed E-state index contributed by atoms with van der Waals surface area (Å²) in [5, 5.41) is 0. The maximum Gasteiger partial charge on any atom is 0.162 e. The van der Waals surface area contributed by atoms with Gasteiger partial charge in [-0.2, -0.15) is 0 Å². The summed E-state index contributed by atoms with van der Waals surface area (Å²) in [4.78, 5) is 14.6. The maximum absolute atomic E-state index is 12.5. The number of hydrogen-bond acceptors (Lipinski definition) is 2. The number of benzene rings is 1. The molecule has 0 unspecified atom stereocenters. The normalized spacial score (nSPS) is 15.8. The molecule has 2 heteroatoms. The predicted octanol–water partition coefficient (Wildman–Crippen LogP) is 5.86. The lowest BCUT2D eigenvalue weighted by atomic mass is 9.83. The molecule has 0 bridgehead atoms. The number of Topliss-reactive ketones (excluding diaryl/α,β-unsaturated/α-hetero) is 1. The summed E-state index contributed by atoms with van der Waals surface area (Å²) in [6, 6.07) is 6.14. The molecule has 1 heterocycles. The van der Waals surface area contributed by atoms with Crippen LogP contribution in [0.2, 0.25) is 0 Å². The number of ketones is 1. The number of nitrogens with zero attached hydrogens (tertiary/aromatic N) is 1. The van der Waals surface area contributed by atoms with Crippen molar-refractivity contribution in [3.63, 3.8) is 0 Å². The van der Waals surface area contributed by atoms with E-state index in [1.165, 1.54) is 43.4 Å². The van der Waals surface area contributed by atoms with Gasteiger partial charge < -0.3 is 4.90 Å². The van der Waals surface area contributed by atoms with Crippen molar-refractivity contribution < 1.29 is 4.79 Å². The molecule has 0 atom stereocenters. The summed E-state index contributed by atoms with van der Waals surface area (Å²) in [5.41, 5.74) is 4.25. The van der Waals surface area contributed by atoms with Crippen molar-refractivity contribution in [1.29, 1.82) is 0 Å². The molecular weight excluding hydrogens is 282 g/mol. The van der Waals surface area contributed by atoms with Crippen molar-refractivity contribution in [2.45, 2.75) is 71.1 Å². The average molecular weight is 313 g/mol. The van der Waals surface area contributed by atoms with E-state index in [1.807, 2.05) is 13.1 Å². The molecule has 2 nitrogen and oxygen atoms in total. The Morgan fingerprint density at radius 3 is 2.48 bits per heavy atom. The van der Waals surface area contributed by atoms with Gasteiger partial charge >= 0.3 is 0 Å². The van der Waals surface area contributed by atoms with E-state index in [0.29, 0.717) is 6.42 Å². The highest BCUT2D eigenvalue weighted by molar-refractivity contribution is 5.97. The number of allylic oxidation sites excluding steroid dienone is 1. The van der Waals surface area contributed by atoms with E-state index in [-0.39, 0.29) is 11.2 Å². The van der Waals surface area contributed by atoms with Gasteiger partial charge in [0.1, 0.15) is 0 Å². The first kappa shape index (κ1) is 17.8. The Balaban J connectivity index is 1.99. The zero-order valence-electron chi connectivity index (χ0n) is 15.2. The average Bonchev–Trinajstić information content (AvgIpc) is 2.71. The Kier molecular flexibility index (Phi) is 5.67.